The number of carbonyl (C=O) groups excluding carboxylic acids is 1. The summed E-state index contributed by atoms with van der Waals surface area (Å²) in [5, 5.41) is 8.12. The molecule has 0 unspecified atom stereocenters. The highest BCUT2D eigenvalue weighted by atomic mass is 16.5. The SMILES string of the molecule is Cc1nn(C)c(C(=O)N2CCNC[C@H]2Cc2ccccc2)c1-c1ccccc1Oc1ccccc1. The molecule has 1 aliphatic rings. The van der Waals surface area contributed by atoms with Crippen molar-refractivity contribution in [1.82, 2.24) is 20.0 Å². The number of para-hydroxylation sites is 2. The van der Waals surface area contributed by atoms with E-state index in [4.69, 9.17) is 4.74 Å². The molecule has 0 spiro atoms. The van der Waals surface area contributed by atoms with Crippen molar-refractivity contribution in [3.63, 3.8) is 0 Å². The van der Waals surface area contributed by atoms with Crippen LogP contribution in [-0.4, -0.2) is 46.3 Å². The number of hydrogen-bond acceptors (Lipinski definition) is 4. The summed E-state index contributed by atoms with van der Waals surface area (Å²) in [7, 11) is 1.85. The zero-order chi connectivity index (χ0) is 24.2. The molecule has 35 heavy (non-hydrogen) atoms. The minimum Gasteiger partial charge on any atom is -0.457 e. The molecule has 0 bridgehead atoms. The number of rotatable bonds is 6. The Kier molecular flexibility index (Phi) is 6.64. The van der Waals surface area contributed by atoms with Crippen LogP contribution in [0.1, 0.15) is 21.7 Å². The first kappa shape index (κ1) is 22.9. The first-order valence-electron chi connectivity index (χ1n) is 12.0. The molecule has 1 amide bonds. The van der Waals surface area contributed by atoms with Gasteiger partial charge in [-0.15, -0.1) is 0 Å². The number of aromatic nitrogens is 2. The van der Waals surface area contributed by atoms with Crippen LogP contribution in [0.4, 0.5) is 0 Å². The highest BCUT2D eigenvalue weighted by molar-refractivity contribution is 6.01. The Morgan fingerprint density at radius 2 is 1.69 bits per heavy atom. The van der Waals surface area contributed by atoms with Gasteiger partial charge in [0, 0.05) is 43.9 Å². The molecule has 4 aromatic rings. The maximum atomic E-state index is 14.1. The summed E-state index contributed by atoms with van der Waals surface area (Å²) in [4.78, 5) is 16.1. The van der Waals surface area contributed by atoms with E-state index in [1.807, 2.05) is 91.7 Å². The largest absolute Gasteiger partial charge is 0.457 e. The van der Waals surface area contributed by atoms with Gasteiger partial charge in [0.1, 0.15) is 17.2 Å². The van der Waals surface area contributed by atoms with E-state index in [-0.39, 0.29) is 11.9 Å². The summed E-state index contributed by atoms with van der Waals surface area (Å²) in [6, 6.07) is 28.0. The van der Waals surface area contributed by atoms with Crippen LogP contribution in [0.5, 0.6) is 11.5 Å². The van der Waals surface area contributed by atoms with Gasteiger partial charge >= 0.3 is 0 Å². The molecule has 6 nitrogen and oxygen atoms in total. The average Bonchev–Trinajstić information content (AvgIpc) is 3.19. The smallest absolute Gasteiger partial charge is 0.273 e. The molecule has 6 heteroatoms. The number of benzene rings is 3. The quantitative estimate of drug-likeness (QED) is 0.442. The van der Waals surface area contributed by atoms with Crippen molar-refractivity contribution in [2.75, 3.05) is 19.6 Å². The van der Waals surface area contributed by atoms with Crippen LogP contribution in [0.15, 0.2) is 84.9 Å². The molecule has 0 saturated carbocycles. The van der Waals surface area contributed by atoms with Gasteiger partial charge in [-0.2, -0.15) is 5.10 Å². The molecule has 0 aliphatic carbocycles. The average molecular weight is 467 g/mol. The van der Waals surface area contributed by atoms with Gasteiger partial charge in [-0.05, 0) is 37.1 Å². The predicted octanol–water partition coefficient (Wildman–Crippen LogP) is 4.84. The third-order valence-corrected chi connectivity index (χ3v) is 6.48. The molecule has 1 saturated heterocycles. The van der Waals surface area contributed by atoms with Crippen molar-refractivity contribution < 1.29 is 9.53 Å². The third-order valence-electron chi connectivity index (χ3n) is 6.48. The highest BCUT2D eigenvalue weighted by Crippen LogP contribution is 2.37. The predicted molar refractivity (Wildman–Crippen MR) is 138 cm³/mol. The van der Waals surface area contributed by atoms with E-state index >= 15 is 0 Å². The van der Waals surface area contributed by atoms with E-state index in [1.54, 1.807) is 4.68 Å². The molecular formula is C29H30N4O2. The van der Waals surface area contributed by atoms with Gasteiger partial charge in [0.05, 0.1) is 5.69 Å². The summed E-state index contributed by atoms with van der Waals surface area (Å²) in [5.41, 5.74) is 4.30. The van der Waals surface area contributed by atoms with Gasteiger partial charge in [-0.1, -0.05) is 66.7 Å². The van der Waals surface area contributed by atoms with Crippen LogP contribution < -0.4 is 10.1 Å². The topological polar surface area (TPSA) is 59.4 Å². The fraction of sp³-hybridized carbons (Fsp3) is 0.241. The molecule has 2 heterocycles. The molecule has 0 radical (unpaired) electrons. The Balaban J connectivity index is 1.51. The van der Waals surface area contributed by atoms with E-state index in [2.05, 4.69) is 22.5 Å². The number of piperazine rings is 1. The number of nitrogens with zero attached hydrogens (tertiary/aromatic N) is 3. The lowest BCUT2D eigenvalue weighted by Gasteiger charge is -2.36. The molecular weight excluding hydrogens is 436 g/mol. The molecule has 1 atom stereocenters. The number of hydrogen-bond donors (Lipinski definition) is 1. The van der Waals surface area contributed by atoms with Crippen molar-refractivity contribution in [2.45, 2.75) is 19.4 Å². The Hall–Kier alpha value is -3.90. The lowest BCUT2D eigenvalue weighted by atomic mass is 9.99. The Morgan fingerprint density at radius 1 is 1.00 bits per heavy atom. The van der Waals surface area contributed by atoms with Crippen molar-refractivity contribution in [3.05, 3.63) is 102 Å². The summed E-state index contributed by atoms with van der Waals surface area (Å²) in [6.45, 7) is 4.14. The summed E-state index contributed by atoms with van der Waals surface area (Å²) in [5.74, 6) is 1.45. The number of amides is 1. The van der Waals surface area contributed by atoms with E-state index in [0.717, 1.165) is 42.1 Å². The van der Waals surface area contributed by atoms with Crippen molar-refractivity contribution in [2.24, 2.45) is 7.05 Å². The Labute approximate surface area is 206 Å². The minimum atomic E-state index is 0.0000419. The number of aryl methyl sites for hydroxylation is 2. The fourth-order valence-corrected chi connectivity index (χ4v) is 4.84. The number of ether oxygens (including phenoxy) is 1. The van der Waals surface area contributed by atoms with Crippen LogP contribution in [0.2, 0.25) is 0 Å². The van der Waals surface area contributed by atoms with Gasteiger partial charge in [-0.25, -0.2) is 0 Å². The minimum absolute atomic E-state index is 0.0000419. The Morgan fingerprint density at radius 3 is 2.46 bits per heavy atom. The molecule has 178 valence electrons. The van der Waals surface area contributed by atoms with Crippen molar-refractivity contribution in [1.29, 1.82) is 0 Å². The molecule has 1 aromatic heterocycles. The van der Waals surface area contributed by atoms with Gasteiger partial charge < -0.3 is 15.0 Å². The van der Waals surface area contributed by atoms with E-state index < -0.39 is 0 Å². The highest BCUT2D eigenvalue weighted by Gasteiger charge is 2.32. The van der Waals surface area contributed by atoms with E-state index in [9.17, 15) is 4.79 Å². The summed E-state index contributed by atoms with van der Waals surface area (Å²) in [6.07, 6.45) is 0.805. The van der Waals surface area contributed by atoms with Crippen LogP contribution in [-0.2, 0) is 13.5 Å². The van der Waals surface area contributed by atoms with Gasteiger partial charge in [-0.3, -0.25) is 9.48 Å². The summed E-state index contributed by atoms with van der Waals surface area (Å²) >= 11 is 0. The normalized spacial score (nSPS) is 15.7. The first-order valence-corrected chi connectivity index (χ1v) is 12.0. The second kappa shape index (κ2) is 10.2. The molecule has 1 fully saturated rings. The lowest BCUT2D eigenvalue weighted by molar-refractivity contribution is 0.0625. The standard InChI is InChI=1S/C29H30N4O2/c1-21-27(25-15-9-10-16-26(25)35-24-13-7-4-8-14-24)28(32(2)31-21)29(34)33-18-17-30-20-23(33)19-22-11-5-3-6-12-22/h3-16,23,30H,17-20H2,1-2H3/t23-/m1/s1. The fourth-order valence-electron chi connectivity index (χ4n) is 4.84. The number of nitrogens with one attached hydrogen (secondary N) is 1. The van der Waals surface area contributed by atoms with Crippen LogP contribution in [0.3, 0.4) is 0 Å². The second-order valence-electron chi connectivity index (χ2n) is 8.89. The zero-order valence-corrected chi connectivity index (χ0v) is 20.1. The molecule has 3 aromatic carbocycles. The second-order valence-corrected chi connectivity index (χ2v) is 8.89. The summed E-state index contributed by atoms with van der Waals surface area (Å²) < 4.78 is 7.95. The maximum absolute atomic E-state index is 14.1. The van der Waals surface area contributed by atoms with Gasteiger partial charge in [0.25, 0.3) is 5.91 Å². The lowest BCUT2D eigenvalue weighted by Crippen LogP contribution is -2.54. The van der Waals surface area contributed by atoms with Crippen LogP contribution in [0, 0.1) is 6.92 Å². The Bertz CT molecular complexity index is 1300. The van der Waals surface area contributed by atoms with Crippen molar-refractivity contribution in [3.8, 4) is 22.6 Å². The van der Waals surface area contributed by atoms with Gasteiger partial charge in [0.2, 0.25) is 0 Å². The molecule has 1 aliphatic heterocycles. The maximum Gasteiger partial charge on any atom is 0.273 e. The van der Waals surface area contributed by atoms with Crippen LogP contribution in [0.25, 0.3) is 11.1 Å². The monoisotopic (exact) mass is 466 g/mol. The van der Waals surface area contributed by atoms with Gasteiger partial charge in [0.15, 0.2) is 0 Å². The molecule has 5 rings (SSSR count). The van der Waals surface area contributed by atoms with E-state index in [1.165, 1.54) is 5.56 Å². The molecule has 1 N–H and O–H groups in total. The third kappa shape index (κ3) is 4.84. The first-order chi connectivity index (χ1) is 17.1. The zero-order valence-electron chi connectivity index (χ0n) is 20.1. The van der Waals surface area contributed by atoms with Crippen molar-refractivity contribution >= 4 is 5.91 Å². The van der Waals surface area contributed by atoms with E-state index in [0.29, 0.717) is 18.0 Å². The van der Waals surface area contributed by atoms with Crippen LogP contribution >= 0.6 is 0 Å². The number of carbonyl (C=O) groups is 1.